The van der Waals surface area contributed by atoms with Crippen LogP contribution in [0, 0.1) is 5.92 Å². The number of aromatic carboxylic acids is 1. The van der Waals surface area contributed by atoms with Gasteiger partial charge in [-0.15, -0.1) is 0 Å². The Labute approximate surface area is 104 Å². The fourth-order valence-electron chi connectivity index (χ4n) is 2.08. The SMILES string of the molecule is O=C(O)c1cc2c(cc1OCC1CCC1)OCO2. The van der Waals surface area contributed by atoms with Gasteiger partial charge in [-0.2, -0.15) is 0 Å². The Balaban J connectivity index is 1.83. The molecule has 1 aromatic rings. The second-order valence-electron chi connectivity index (χ2n) is 4.61. The Kier molecular flexibility index (Phi) is 2.74. The molecule has 1 aromatic carbocycles. The molecular weight excluding hydrogens is 236 g/mol. The first-order valence-corrected chi connectivity index (χ1v) is 6.04. The highest BCUT2D eigenvalue weighted by atomic mass is 16.7. The predicted molar refractivity (Wildman–Crippen MR) is 62.4 cm³/mol. The Morgan fingerprint density at radius 2 is 2.06 bits per heavy atom. The van der Waals surface area contributed by atoms with Crippen LogP contribution >= 0.6 is 0 Å². The first-order chi connectivity index (χ1) is 8.74. The third-order valence-electron chi connectivity index (χ3n) is 3.40. The normalized spacial score (nSPS) is 17.3. The van der Waals surface area contributed by atoms with Crippen molar-refractivity contribution in [3.63, 3.8) is 0 Å². The van der Waals surface area contributed by atoms with Crippen molar-refractivity contribution in [3.8, 4) is 17.2 Å². The van der Waals surface area contributed by atoms with Crippen molar-refractivity contribution >= 4 is 5.97 Å². The molecule has 1 aliphatic carbocycles. The zero-order chi connectivity index (χ0) is 12.5. The van der Waals surface area contributed by atoms with Gasteiger partial charge in [0.2, 0.25) is 6.79 Å². The van der Waals surface area contributed by atoms with Crippen molar-refractivity contribution in [2.45, 2.75) is 19.3 Å². The third-order valence-corrected chi connectivity index (χ3v) is 3.40. The molecule has 0 aromatic heterocycles. The quantitative estimate of drug-likeness (QED) is 0.888. The summed E-state index contributed by atoms with van der Waals surface area (Å²) < 4.78 is 16.0. The summed E-state index contributed by atoms with van der Waals surface area (Å²) in [7, 11) is 0. The largest absolute Gasteiger partial charge is 0.492 e. The van der Waals surface area contributed by atoms with Gasteiger partial charge in [-0.25, -0.2) is 4.79 Å². The van der Waals surface area contributed by atoms with E-state index < -0.39 is 5.97 Å². The minimum atomic E-state index is -1.02. The standard InChI is InChI=1S/C13H14O5/c14-13(15)9-4-11-12(18-7-17-11)5-10(9)16-6-8-2-1-3-8/h4-5,8H,1-3,6-7H2,(H,14,15). The second-order valence-corrected chi connectivity index (χ2v) is 4.61. The summed E-state index contributed by atoms with van der Waals surface area (Å²) in [5.74, 6) is 0.902. The molecule has 18 heavy (non-hydrogen) atoms. The average molecular weight is 250 g/mol. The molecule has 5 heteroatoms. The highest BCUT2D eigenvalue weighted by molar-refractivity contribution is 5.92. The highest BCUT2D eigenvalue weighted by Crippen LogP contribution is 2.38. The van der Waals surface area contributed by atoms with E-state index in [4.69, 9.17) is 19.3 Å². The molecule has 96 valence electrons. The van der Waals surface area contributed by atoms with Gasteiger partial charge >= 0.3 is 5.97 Å². The molecule has 0 amide bonds. The molecule has 0 unspecified atom stereocenters. The summed E-state index contributed by atoms with van der Waals surface area (Å²) in [6, 6.07) is 3.06. The van der Waals surface area contributed by atoms with Gasteiger partial charge in [0.05, 0.1) is 6.61 Å². The van der Waals surface area contributed by atoms with Crippen LogP contribution in [0.5, 0.6) is 17.2 Å². The van der Waals surface area contributed by atoms with E-state index in [-0.39, 0.29) is 12.4 Å². The Hall–Kier alpha value is -1.91. The molecule has 1 saturated carbocycles. The molecule has 1 fully saturated rings. The van der Waals surface area contributed by atoms with E-state index in [0.717, 1.165) is 12.8 Å². The zero-order valence-electron chi connectivity index (χ0n) is 9.85. The van der Waals surface area contributed by atoms with Crippen molar-refractivity contribution in [1.82, 2.24) is 0 Å². The number of hydrogen-bond donors (Lipinski definition) is 1. The second kappa shape index (κ2) is 4.40. The highest BCUT2D eigenvalue weighted by Gasteiger charge is 2.23. The summed E-state index contributed by atoms with van der Waals surface area (Å²) in [4.78, 5) is 11.2. The average Bonchev–Trinajstić information content (AvgIpc) is 2.72. The summed E-state index contributed by atoms with van der Waals surface area (Å²) in [5, 5.41) is 9.16. The van der Waals surface area contributed by atoms with E-state index in [1.54, 1.807) is 6.07 Å². The predicted octanol–water partition coefficient (Wildman–Crippen LogP) is 2.29. The van der Waals surface area contributed by atoms with Crippen LogP contribution in [0.2, 0.25) is 0 Å². The summed E-state index contributed by atoms with van der Waals surface area (Å²) in [5.41, 5.74) is 0.124. The molecule has 0 saturated heterocycles. The van der Waals surface area contributed by atoms with Crippen LogP contribution in [0.25, 0.3) is 0 Å². The summed E-state index contributed by atoms with van der Waals surface area (Å²) in [6.07, 6.45) is 3.56. The molecular formula is C13H14O5. The van der Waals surface area contributed by atoms with Crippen LogP contribution in [0.4, 0.5) is 0 Å². The number of ether oxygens (including phenoxy) is 3. The van der Waals surface area contributed by atoms with E-state index in [1.807, 2.05) is 0 Å². The van der Waals surface area contributed by atoms with Gasteiger partial charge in [0, 0.05) is 12.1 Å². The van der Waals surface area contributed by atoms with Crippen molar-refractivity contribution < 1.29 is 24.1 Å². The number of hydrogen-bond acceptors (Lipinski definition) is 4. The van der Waals surface area contributed by atoms with Gasteiger partial charge in [0.15, 0.2) is 11.5 Å². The first-order valence-electron chi connectivity index (χ1n) is 6.04. The summed E-state index contributed by atoms with van der Waals surface area (Å²) >= 11 is 0. The van der Waals surface area contributed by atoms with Crippen LogP contribution in [-0.2, 0) is 0 Å². The van der Waals surface area contributed by atoms with Crippen LogP contribution < -0.4 is 14.2 Å². The molecule has 1 aliphatic heterocycles. The fraction of sp³-hybridized carbons (Fsp3) is 0.462. The smallest absolute Gasteiger partial charge is 0.339 e. The summed E-state index contributed by atoms with van der Waals surface area (Å²) in [6.45, 7) is 0.695. The van der Waals surface area contributed by atoms with Crippen molar-refractivity contribution in [2.75, 3.05) is 13.4 Å². The Bertz CT molecular complexity index is 479. The molecule has 1 N–H and O–H groups in total. The molecule has 3 rings (SSSR count). The zero-order valence-corrected chi connectivity index (χ0v) is 9.85. The lowest BCUT2D eigenvalue weighted by Crippen LogP contribution is -2.20. The van der Waals surface area contributed by atoms with Gasteiger partial charge in [-0.05, 0) is 18.8 Å². The minimum absolute atomic E-state index is 0.124. The van der Waals surface area contributed by atoms with Crippen LogP contribution in [0.3, 0.4) is 0 Å². The number of carboxylic acids is 1. The lowest BCUT2D eigenvalue weighted by molar-refractivity contribution is 0.0689. The Morgan fingerprint density at radius 3 is 2.67 bits per heavy atom. The van der Waals surface area contributed by atoms with E-state index in [0.29, 0.717) is 29.8 Å². The van der Waals surface area contributed by atoms with Crippen molar-refractivity contribution in [1.29, 1.82) is 0 Å². The number of benzene rings is 1. The molecule has 2 aliphatic rings. The molecule has 0 radical (unpaired) electrons. The van der Waals surface area contributed by atoms with Crippen molar-refractivity contribution in [2.24, 2.45) is 5.92 Å². The monoisotopic (exact) mass is 250 g/mol. The van der Waals surface area contributed by atoms with Gasteiger partial charge in [-0.1, -0.05) is 6.42 Å². The lowest BCUT2D eigenvalue weighted by atomic mass is 9.86. The maximum absolute atomic E-state index is 11.2. The number of carbonyl (C=O) groups is 1. The van der Waals surface area contributed by atoms with Crippen LogP contribution in [-0.4, -0.2) is 24.5 Å². The molecule has 0 spiro atoms. The first kappa shape index (κ1) is 11.2. The molecule has 0 atom stereocenters. The van der Waals surface area contributed by atoms with E-state index in [9.17, 15) is 4.79 Å². The third kappa shape index (κ3) is 1.96. The van der Waals surface area contributed by atoms with E-state index in [2.05, 4.69) is 0 Å². The maximum atomic E-state index is 11.2. The van der Waals surface area contributed by atoms with Crippen molar-refractivity contribution in [3.05, 3.63) is 17.7 Å². The van der Waals surface area contributed by atoms with E-state index >= 15 is 0 Å². The number of carboxylic acid groups (broad SMARTS) is 1. The topological polar surface area (TPSA) is 65.0 Å². The van der Waals surface area contributed by atoms with Gasteiger partial charge in [-0.3, -0.25) is 0 Å². The molecule has 1 heterocycles. The van der Waals surface area contributed by atoms with E-state index in [1.165, 1.54) is 12.5 Å². The fourth-order valence-corrected chi connectivity index (χ4v) is 2.08. The molecule has 0 bridgehead atoms. The minimum Gasteiger partial charge on any atom is -0.492 e. The molecule has 5 nitrogen and oxygen atoms in total. The van der Waals surface area contributed by atoms with Gasteiger partial charge < -0.3 is 19.3 Å². The van der Waals surface area contributed by atoms with Crippen LogP contribution in [0.1, 0.15) is 29.6 Å². The Morgan fingerprint density at radius 1 is 1.33 bits per heavy atom. The van der Waals surface area contributed by atoms with Gasteiger partial charge in [0.25, 0.3) is 0 Å². The van der Waals surface area contributed by atoms with Crippen LogP contribution in [0.15, 0.2) is 12.1 Å². The number of rotatable bonds is 4. The lowest BCUT2D eigenvalue weighted by Gasteiger charge is -2.25. The maximum Gasteiger partial charge on any atom is 0.339 e. The van der Waals surface area contributed by atoms with Gasteiger partial charge in [0.1, 0.15) is 11.3 Å². The number of fused-ring (bicyclic) bond motifs is 1.